The van der Waals surface area contributed by atoms with E-state index in [1.165, 1.54) is 0 Å². The summed E-state index contributed by atoms with van der Waals surface area (Å²) < 4.78 is 40.7. The number of nitrogens with one attached hydrogen (secondary N) is 1. The molecule has 16 heavy (non-hydrogen) atoms. The maximum absolute atomic E-state index is 12.0. The van der Waals surface area contributed by atoms with Gasteiger partial charge < -0.3 is 15.2 Å². The zero-order valence-corrected chi connectivity index (χ0v) is 9.39. The molecule has 0 aromatic heterocycles. The van der Waals surface area contributed by atoms with Gasteiger partial charge in [-0.15, -0.1) is 0 Å². The van der Waals surface area contributed by atoms with Crippen molar-refractivity contribution in [1.29, 1.82) is 0 Å². The van der Waals surface area contributed by atoms with Crippen LogP contribution in [-0.2, 0) is 4.74 Å². The van der Waals surface area contributed by atoms with Crippen LogP contribution in [0.4, 0.5) is 18.0 Å². The Balaban J connectivity index is 4.18. The SMILES string of the molecule is CC(C)(C)OC(=O)N[C@H](CO)CC(F)(F)F. The van der Waals surface area contributed by atoms with Gasteiger partial charge in [-0.2, -0.15) is 13.2 Å². The van der Waals surface area contributed by atoms with E-state index in [-0.39, 0.29) is 0 Å². The van der Waals surface area contributed by atoms with Crippen molar-refractivity contribution in [3.8, 4) is 0 Å². The molecular formula is C9H16F3NO3. The fraction of sp³-hybridized carbons (Fsp3) is 0.889. The van der Waals surface area contributed by atoms with E-state index in [1.54, 1.807) is 20.8 Å². The maximum Gasteiger partial charge on any atom is 0.407 e. The predicted octanol–water partition coefficient (Wildman–Crippen LogP) is 1.82. The summed E-state index contributed by atoms with van der Waals surface area (Å²) in [6.45, 7) is 3.97. The minimum Gasteiger partial charge on any atom is -0.444 e. The average molecular weight is 243 g/mol. The summed E-state index contributed by atoms with van der Waals surface area (Å²) in [5, 5.41) is 10.6. The van der Waals surface area contributed by atoms with Crippen molar-refractivity contribution in [1.82, 2.24) is 5.32 Å². The monoisotopic (exact) mass is 243 g/mol. The van der Waals surface area contributed by atoms with Gasteiger partial charge in [0.15, 0.2) is 0 Å². The third kappa shape index (κ3) is 8.34. The van der Waals surface area contributed by atoms with Crippen molar-refractivity contribution < 1.29 is 27.8 Å². The summed E-state index contributed by atoms with van der Waals surface area (Å²) in [4.78, 5) is 11.1. The van der Waals surface area contributed by atoms with Crippen LogP contribution in [0.1, 0.15) is 27.2 Å². The average Bonchev–Trinajstić information content (AvgIpc) is 1.96. The summed E-state index contributed by atoms with van der Waals surface area (Å²) >= 11 is 0. The molecule has 4 nitrogen and oxygen atoms in total. The van der Waals surface area contributed by atoms with E-state index in [2.05, 4.69) is 0 Å². The molecule has 0 radical (unpaired) electrons. The zero-order valence-electron chi connectivity index (χ0n) is 9.39. The molecule has 0 spiro atoms. The standard InChI is InChI=1S/C9H16F3NO3/c1-8(2,3)16-7(15)13-6(5-14)4-9(10,11)12/h6,14H,4-5H2,1-3H3,(H,13,15)/t6-/m0/s1. The van der Waals surface area contributed by atoms with E-state index in [0.29, 0.717) is 0 Å². The first-order chi connectivity index (χ1) is 7.03. The Morgan fingerprint density at radius 2 is 1.88 bits per heavy atom. The van der Waals surface area contributed by atoms with Crippen LogP contribution in [0.25, 0.3) is 0 Å². The molecule has 1 amide bonds. The fourth-order valence-electron chi connectivity index (χ4n) is 0.915. The normalized spacial score (nSPS) is 14.4. The number of amides is 1. The number of halogens is 3. The van der Waals surface area contributed by atoms with Crippen LogP contribution in [0.5, 0.6) is 0 Å². The van der Waals surface area contributed by atoms with Crippen molar-refractivity contribution in [2.75, 3.05) is 6.61 Å². The molecule has 0 fully saturated rings. The molecule has 0 aliphatic heterocycles. The Hall–Kier alpha value is -0.980. The Morgan fingerprint density at radius 1 is 1.38 bits per heavy atom. The Labute approximate surface area is 91.8 Å². The van der Waals surface area contributed by atoms with Gasteiger partial charge in [-0.3, -0.25) is 0 Å². The smallest absolute Gasteiger partial charge is 0.407 e. The summed E-state index contributed by atoms with van der Waals surface area (Å²) in [5.41, 5.74) is -0.789. The van der Waals surface area contributed by atoms with Crippen molar-refractivity contribution in [3.63, 3.8) is 0 Å². The van der Waals surface area contributed by atoms with Gasteiger partial charge in [-0.1, -0.05) is 0 Å². The van der Waals surface area contributed by atoms with Gasteiger partial charge in [0.05, 0.1) is 19.1 Å². The molecule has 0 aliphatic carbocycles. The largest absolute Gasteiger partial charge is 0.444 e. The highest BCUT2D eigenvalue weighted by molar-refractivity contribution is 5.68. The number of ether oxygens (including phenoxy) is 1. The van der Waals surface area contributed by atoms with E-state index in [4.69, 9.17) is 9.84 Å². The van der Waals surface area contributed by atoms with Crippen LogP contribution in [0.15, 0.2) is 0 Å². The van der Waals surface area contributed by atoms with Gasteiger partial charge in [0.2, 0.25) is 0 Å². The van der Waals surface area contributed by atoms with Crippen LogP contribution < -0.4 is 5.32 Å². The van der Waals surface area contributed by atoms with Gasteiger partial charge in [0.25, 0.3) is 0 Å². The van der Waals surface area contributed by atoms with Crippen molar-refractivity contribution in [3.05, 3.63) is 0 Å². The minimum atomic E-state index is -4.44. The Kier molecular flexibility index (Phi) is 5.05. The van der Waals surface area contributed by atoms with E-state index in [1.807, 2.05) is 5.32 Å². The molecule has 0 aliphatic rings. The topological polar surface area (TPSA) is 58.6 Å². The van der Waals surface area contributed by atoms with Gasteiger partial charge in [-0.05, 0) is 20.8 Å². The molecule has 96 valence electrons. The van der Waals surface area contributed by atoms with Crippen LogP contribution >= 0.6 is 0 Å². The summed E-state index contributed by atoms with van der Waals surface area (Å²) in [6.07, 6.45) is -6.71. The minimum absolute atomic E-state index is 0.789. The first kappa shape index (κ1) is 15.0. The third-order valence-corrected chi connectivity index (χ3v) is 1.42. The maximum atomic E-state index is 12.0. The highest BCUT2D eigenvalue weighted by Gasteiger charge is 2.33. The highest BCUT2D eigenvalue weighted by atomic mass is 19.4. The number of carbonyl (C=O) groups excluding carboxylic acids is 1. The second kappa shape index (κ2) is 5.38. The number of alkyl carbamates (subject to hydrolysis) is 1. The van der Waals surface area contributed by atoms with Gasteiger partial charge >= 0.3 is 12.3 Å². The number of aliphatic hydroxyl groups is 1. The van der Waals surface area contributed by atoms with Gasteiger partial charge in [0.1, 0.15) is 5.60 Å². The zero-order chi connectivity index (χ0) is 13.0. The summed E-state index contributed by atoms with van der Waals surface area (Å²) in [5.74, 6) is 0. The van der Waals surface area contributed by atoms with E-state index in [9.17, 15) is 18.0 Å². The summed E-state index contributed by atoms with van der Waals surface area (Å²) in [6, 6.07) is -1.38. The highest BCUT2D eigenvalue weighted by Crippen LogP contribution is 2.21. The molecule has 0 heterocycles. The number of alkyl halides is 3. The second-order valence-electron chi connectivity index (χ2n) is 4.35. The quantitative estimate of drug-likeness (QED) is 0.795. The Bertz CT molecular complexity index is 235. The van der Waals surface area contributed by atoms with E-state index < -0.39 is 36.9 Å². The fourth-order valence-corrected chi connectivity index (χ4v) is 0.915. The molecule has 0 aromatic carbocycles. The molecule has 0 saturated carbocycles. The number of hydrogen-bond acceptors (Lipinski definition) is 3. The number of hydrogen-bond donors (Lipinski definition) is 2. The van der Waals surface area contributed by atoms with Gasteiger partial charge in [-0.25, -0.2) is 4.79 Å². The van der Waals surface area contributed by atoms with Crippen LogP contribution in [0, 0.1) is 0 Å². The number of aliphatic hydroxyl groups excluding tert-OH is 1. The number of carbonyl (C=O) groups is 1. The molecule has 0 aromatic rings. The lowest BCUT2D eigenvalue weighted by atomic mass is 10.2. The van der Waals surface area contributed by atoms with Gasteiger partial charge in [0, 0.05) is 0 Å². The van der Waals surface area contributed by atoms with Crippen molar-refractivity contribution in [2.45, 2.75) is 45.0 Å². The van der Waals surface area contributed by atoms with E-state index >= 15 is 0 Å². The lowest BCUT2D eigenvalue weighted by Crippen LogP contribution is -2.43. The molecular weight excluding hydrogens is 227 g/mol. The number of rotatable bonds is 3. The first-order valence-corrected chi connectivity index (χ1v) is 4.70. The molecule has 0 saturated heterocycles. The van der Waals surface area contributed by atoms with Crippen molar-refractivity contribution >= 4 is 6.09 Å². The van der Waals surface area contributed by atoms with E-state index in [0.717, 1.165) is 0 Å². The van der Waals surface area contributed by atoms with Crippen molar-refractivity contribution in [2.24, 2.45) is 0 Å². The third-order valence-electron chi connectivity index (χ3n) is 1.42. The van der Waals surface area contributed by atoms with Crippen LogP contribution in [-0.4, -0.2) is 35.6 Å². The lowest BCUT2D eigenvalue weighted by molar-refractivity contribution is -0.141. The van der Waals surface area contributed by atoms with Crippen LogP contribution in [0.2, 0.25) is 0 Å². The summed E-state index contributed by atoms with van der Waals surface area (Å²) in [7, 11) is 0. The first-order valence-electron chi connectivity index (χ1n) is 4.70. The second-order valence-corrected chi connectivity index (χ2v) is 4.35. The molecule has 1 atom stereocenters. The Morgan fingerprint density at radius 3 is 2.19 bits per heavy atom. The molecule has 0 unspecified atom stereocenters. The molecule has 2 N–H and O–H groups in total. The lowest BCUT2D eigenvalue weighted by Gasteiger charge is -2.23. The molecule has 0 rings (SSSR count). The molecule has 7 heteroatoms. The van der Waals surface area contributed by atoms with Crippen LogP contribution in [0.3, 0.4) is 0 Å². The molecule has 0 bridgehead atoms. The predicted molar refractivity (Wildman–Crippen MR) is 50.9 cm³/mol.